The normalized spacial score (nSPS) is 12.5. The summed E-state index contributed by atoms with van der Waals surface area (Å²) in [7, 11) is 0. The Kier molecular flexibility index (Phi) is 11.0. The molecular weight excluding hydrogens is 436 g/mol. The van der Waals surface area contributed by atoms with Crippen LogP contribution in [0.2, 0.25) is 0 Å². The Morgan fingerprint density at radius 2 is 1.62 bits per heavy atom. The number of carbonyl (C=O) groups is 3. The van der Waals surface area contributed by atoms with Crippen LogP contribution in [0.1, 0.15) is 24.0 Å². The molecule has 34 heavy (non-hydrogen) atoms. The lowest BCUT2D eigenvalue weighted by molar-refractivity contribution is -0.134. The fourth-order valence-corrected chi connectivity index (χ4v) is 3.24. The summed E-state index contributed by atoms with van der Waals surface area (Å²) in [6.45, 7) is 3.03. The van der Waals surface area contributed by atoms with Gasteiger partial charge in [0.2, 0.25) is 23.7 Å². The Balaban J connectivity index is 2.05. The van der Waals surface area contributed by atoms with Crippen molar-refractivity contribution in [2.24, 2.45) is 17.2 Å². The number of nitrogens with zero attached hydrogens (tertiary/aromatic N) is 3. The summed E-state index contributed by atoms with van der Waals surface area (Å²) in [4.78, 5) is 47.8. The third-order valence-corrected chi connectivity index (χ3v) is 5.10. The SMILES string of the molecule is Cc1cnc(NC(=O)C(CCc2ccccc2)NC(=O)C(N)CC(=O)N(CCN)CCN)nc1. The molecule has 0 fully saturated rings. The van der Waals surface area contributed by atoms with E-state index >= 15 is 0 Å². The highest BCUT2D eigenvalue weighted by atomic mass is 16.2. The molecule has 1 aromatic carbocycles. The van der Waals surface area contributed by atoms with E-state index in [0.717, 1.165) is 11.1 Å². The minimum Gasteiger partial charge on any atom is -0.343 e. The van der Waals surface area contributed by atoms with Crippen LogP contribution in [0.15, 0.2) is 42.7 Å². The van der Waals surface area contributed by atoms with Gasteiger partial charge in [0.1, 0.15) is 6.04 Å². The number of aromatic nitrogens is 2. The zero-order valence-electron chi connectivity index (χ0n) is 19.4. The quantitative estimate of drug-likeness (QED) is 0.255. The minimum atomic E-state index is -1.13. The number of nitrogens with one attached hydrogen (secondary N) is 2. The lowest BCUT2D eigenvalue weighted by atomic mass is 10.0. The van der Waals surface area contributed by atoms with E-state index in [9.17, 15) is 14.4 Å². The lowest BCUT2D eigenvalue weighted by Crippen LogP contribution is -2.52. The van der Waals surface area contributed by atoms with Crippen LogP contribution in [0, 0.1) is 6.92 Å². The molecule has 0 saturated heterocycles. The standard InChI is InChI=1S/C23H34N8O3/c1-16-14-27-23(28-15-16)30-22(34)19(8-7-17-5-3-2-4-6-17)29-21(33)18(26)13-20(32)31(11-9-24)12-10-25/h2-6,14-15,18-19H,7-13,24-26H2,1H3,(H,29,33)(H,27,28,30,34). The Labute approximate surface area is 199 Å². The van der Waals surface area contributed by atoms with Crippen molar-refractivity contribution in [3.05, 3.63) is 53.9 Å². The maximum Gasteiger partial charge on any atom is 0.249 e. The maximum absolute atomic E-state index is 12.9. The molecule has 184 valence electrons. The average molecular weight is 471 g/mol. The molecule has 0 saturated carbocycles. The highest BCUT2D eigenvalue weighted by molar-refractivity contribution is 5.97. The molecule has 0 radical (unpaired) electrons. The number of hydrogen-bond donors (Lipinski definition) is 5. The van der Waals surface area contributed by atoms with E-state index in [1.165, 1.54) is 4.90 Å². The molecule has 8 N–H and O–H groups in total. The van der Waals surface area contributed by atoms with Gasteiger partial charge in [0, 0.05) is 38.6 Å². The summed E-state index contributed by atoms with van der Waals surface area (Å²) in [5.41, 5.74) is 18.9. The fourth-order valence-electron chi connectivity index (χ4n) is 3.24. The molecule has 0 aliphatic carbocycles. The Bertz CT molecular complexity index is 918. The van der Waals surface area contributed by atoms with Gasteiger partial charge in [-0.15, -0.1) is 0 Å². The number of hydrogen-bond acceptors (Lipinski definition) is 8. The molecule has 11 nitrogen and oxygen atoms in total. The highest BCUT2D eigenvalue weighted by Crippen LogP contribution is 2.08. The maximum atomic E-state index is 12.9. The first-order valence-electron chi connectivity index (χ1n) is 11.2. The smallest absolute Gasteiger partial charge is 0.249 e. The molecule has 2 aromatic rings. The van der Waals surface area contributed by atoms with Gasteiger partial charge in [-0.05, 0) is 30.9 Å². The van der Waals surface area contributed by atoms with Crippen molar-refractivity contribution in [1.29, 1.82) is 0 Å². The van der Waals surface area contributed by atoms with Crippen LogP contribution in [-0.2, 0) is 20.8 Å². The van der Waals surface area contributed by atoms with Crippen molar-refractivity contribution in [2.45, 2.75) is 38.3 Å². The number of amides is 3. The van der Waals surface area contributed by atoms with E-state index in [1.54, 1.807) is 12.4 Å². The molecule has 0 aliphatic heterocycles. The molecule has 2 rings (SSSR count). The molecule has 11 heteroatoms. The molecule has 1 aromatic heterocycles. The van der Waals surface area contributed by atoms with Crippen molar-refractivity contribution >= 4 is 23.7 Å². The van der Waals surface area contributed by atoms with E-state index in [4.69, 9.17) is 17.2 Å². The second-order valence-corrected chi connectivity index (χ2v) is 7.93. The zero-order valence-corrected chi connectivity index (χ0v) is 19.4. The second-order valence-electron chi connectivity index (χ2n) is 7.93. The lowest BCUT2D eigenvalue weighted by Gasteiger charge is -2.24. The van der Waals surface area contributed by atoms with Crippen molar-refractivity contribution in [2.75, 3.05) is 31.5 Å². The molecular formula is C23H34N8O3. The number of rotatable bonds is 13. The van der Waals surface area contributed by atoms with Gasteiger partial charge in [-0.2, -0.15) is 0 Å². The monoisotopic (exact) mass is 470 g/mol. The van der Waals surface area contributed by atoms with Crippen LogP contribution in [0.25, 0.3) is 0 Å². The van der Waals surface area contributed by atoms with Crippen molar-refractivity contribution in [3.63, 3.8) is 0 Å². The van der Waals surface area contributed by atoms with E-state index < -0.39 is 23.9 Å². The second kappa shape index (κ2) is 14.0. The van der Waals surface area contributed by atoms with Gasteiger partial charge in [-0.1, -0.05) is 30.3 Å². The highest BCUT2D eigenvalue weighted by Gasteiger charge is 2.26. The van der Waals surface area contributed by atoms with Crippen LogP contribution in [0.4, 0.5) is 5.95 Å². The van der Waals surface area contributed by atoms with Gasteiger partial charge in [0.15, 0.2) is 0 Å². The first-order valence-corrected chi connectivity index (χ1v) is 11.2. The predicted molar refractivity (Wildman–Crippen MR) is 129 cm³/mol. The Morgan fingerprint density at radius 3 is 2.21 bits per heavy atom. The summed E-state index contributed by atoms with van der Waals surface area (Å²) < 4.78 is 0. The molecule has 3 amide bonds. The van der Waals surface area contributed by atoms with Crippen molar-refractivity contribution < 1.29 is 14.4 Å². The summed E-state index contributed by atoms with van der Waals surface area (Å²) in [6, 6.07) is 7.55. The van der Waals surface area contributed by atoms with Crippen LogP contribution >= 0.6 is 0 Å². The van der Waals surface area contributed by atoms with Crippen molar-refractivity contribution in [1.82, 2.24) is 20.2 Å². The van der Waals surface area contributed by atoms with Gasteiger partial charge in [-0.3, -0.25) is 19.7 Å². The van der Waals surface area contributed by atoms with Gasteiger partial charge in [-0.25, -0.2) is 9.97 Å². The molecule has 2 atom stereocenters. The van der Waals surface area contributed by atoms with Crippen molar-refractivity contribution in [3.8, 4) is 0 Å². The first-order chi connectivity index (χ1) is 16.3. The number of benzene rings is 1. The van der Waals surface area contributed by atoms with Crippen LogP contribution in [0.3, 0.4) is 0 Å². The Hall–Kier alpha value is -3.41. The van der Waals surface area contributed by atoms with E-state index in [1.807, 2.05) is 37.3 Å². The van der Waals surface area contributed by atoms with E-state index in [2.05, 4.69) is 20.6 Å². The molecule has 0 spiro atoms. The van der Waals surface area contributed by atoms with Crippen LogP contribution in [0.5, 0.6) is 0 Å². The van der Waals surface area contributed by atoms with Gasteiger partial charge < -0.3 is 27.4 Å². The Morgan fingerprint density at radius 1 is 1.00 bits per heavy atom. The molecule has 0 bridgehead atoms. The average Bonchev–Trinajstić information content (AvgIpc) is 2.83. The third-order valence-electron chi connectivity index (χ3n) is 5.10. The van der Waals surface area contributed by atoms with Crippen LogP contribution < -0.4 is 27.8 Å². The predicted octanol–water partition coefficient (Wildman–Crippen LogP) is -0.695. The topological polar surface area (TPSA) is 182 Å². The van der Waals surface area contributed by atoms with E-state index in [0.29, 0.717) is 25.9 Å². The third kappa shape index (κ3) is 8.85. The van der Waals surface area contributed by atoms with E-state index in [-0.39, 0.29) is 31.4 Å². The molecule has 0 aliphatic rings. The number of aryl methyl sites for hydroxylation is 2. The largest absolute Gasteiger partial charge is 0.343 e. The zero-order chi connectivity index (χ0) is 24.9. The van der Waals surface area contributed by atoms with Crippen LogP contribution in [-0.4, -0.2) is 70.9 Å². The van der Waals surface area contributed by atoms with Gasteiger partial charge in [0.25, 0.3) is 0 Å². The summed E-state index contributed by atoms with van der Waals surface area (Å²) in [6.07, 6.45) is 3.80. The number of anilines is 1. The number of nitrogens with two attached hydrogens (primary N) is 3. The van der Waals surface area contributed by atoms with Gasteiger partial charge in [0.05, 0.1) is 12.5 Å². The summed E-state index contributed by atoms with van der Waals surface area (Å²) in [5, 5.41) is 5.30. The minimum absolute atomic E-state index is 0.133. The molecule has 1 heterocycles. The first kappa shape index (κ1) is 26.8. The summed E-state index contributed by atoms with van der Waals surface area (Å²) >= 11 is 0. The van der Waals surface area contributed by atoms with Gasteiger partial charge >= 0.3 is 0 Å². The summed E-state index contributed by atoms with van der Waals surface area (Å²) in [5.74, 6) is -1.27. The number of carbonyl (C=O) groups excluding carboxylic acids is 3. The molecule has 2 unspecified atom stereocenters. The fraction of sp³-hybridized carbons (Fsp3) is 0.435.